The number of benzene rings is 2. The van der Waals surface area contributed by atoms with Crippen LogP contribution in [0.2, 0.25) is 0 Å². The van der Waals surface area contributed by atoms with E-state index in [2.05, 4.69) is 0 Å². The van der Waals surface area contributed by atoms with Gasteiger partial charge in [0.2, 0.25) is 11.5 Å². The Morgan fingerprint density at radius 1 is 0.622 bits per heavy atom. The molecule has 82 heavy (non-hydrogen) atoms. The number of allylic oxidation sites excluding steroid dienone is 5. The first kappa shape index (κ1) is 69.5. The van der Waals surface area contributed by atoms with E-state index in [1.807, 2.05) is 32.6 Å². The smallest absolute Gasteiger partial charge is 0.425 e. The van der Waals surface area contributed by atoms with Gasteiger partial charge in [-0.3, -0.25) is 38.1 Å². The van der Waals surface area contributed by atoms with Crippen molar-refractivity contribution in [3.05, 3.63) is 92.4 Å². The molecule has 24 nitrogen and oxygen atoms in total. The Morgan fingerprint density at radius 3 is 1.61 bits per heavy atom. The summed E-state index contributed by atoms with van der Waals surface area (Å²) in [4.78, 5) is 94.5. The number of fused-ring (bicyclic) bond motifs is 2. The Kier molecular flexibility index (Phi) is 25.5. The zero-order valence-corrected chi connectivity index (χ0v) is 49.5. The number of carbonyl (C=O) groups excluding carboxylic acids is 5. The van der Waals surface area contributed by atoms with E-state index < -0.39 is 99.5 Å². The van der Waals surface area contributed by atoms with Crippen LogP contribution >= 0.6 is 0 Å². The van der Waals surface area contributed by atoms with E-state index in [0.717, 1.165) is 0 Å². The van der Waals surface area contributed by atoms with Crippen LogP contribution in [0.3, 0.4) is 0 Å². The summed E-state index contributed by atoms with van der Waals surface area (Å²) in [6, 6.07) is 6.24. The molecule has 4 N–H and O–H groups in total. The molecule has 0 bridgehead atoms. The maximum atomic E-state index is 14.6. The van der Waals surface area contributed by atoms with E-state index in [-0.39, 0.29) is 91.1 Å². The number of aliphatic hydroxyl groups is 1. The fraction of sp³-hybridized carbons (Fsp3) is 0.519. The molecule has 2 aromatic carbocycles. The van der Waals surface area contributed by atoms with Crippen molar-refractivity contribution in [1.82, 2.24) is 0 Å². The van der Waals surface area contributed by atoms with Crippen LogP contribution in [-0.4, -0.2) is 142 Å². The molecule has 2 heterocycles. The number of nitrogens with zero attached hydrogens (tertiary/aromatic N) is 2. The van der Waals surface area contributed by atoms with Gasteiger partial charge in [-0.25, -0.2) is 8.42 Å². The monoisotopic (exact) mass is 1220 g/mol. The van der Waals surface area contributed by atoms with Gasteiger partial charge in [-0.15, -0.1) is 25.3 Å². The Labute approximate surface area is 478 Å². The molecule has 0 saturated carbocycles. The summed E-state index contributed by atoms with van der Waals surface area (Å²) in [6.45, 7) is 11.5. The van der Waals surface area contributed by atoms with Crippen LogP contribution in [-0.2, 0) is 66.7 Å². The molecule has 0 fully saturated rings. The Morgan fingerprint density at radius 2 is 1.10 bits per heavy atom. The molecular formula is C54H68N2O22S4. The lowest BCUT2D eigenvalue weighted by atomic mass is 9.75. The minimum absolute atomic E-state index is 0.00532. The average Bonchev–Trinajstić information content (AvgIpc) is 2.61. The normalized spacial score (nSPS) is 15.9. The second kappa shape index (κ2) is 30.0. The topological polar surface area (TPSA) is 400 Å². The first-order valence-corrected chi connectivity index (χ1v) is 31.4. The molecule has 0 spiro atoms. The molecule has 450 valence electrons. The highest BCUT2D eigenvalue weighted by molar-refractivity contribution is 7.85. The van der Waals surface area contributed by atoms with Crippen LogP contribution in [0.5, 0.6) is 0 Å². The van der Waals surface area contributed by atoms with Crippen LogP contribution in [0, 0.1) is 0 Å². The molecule has 0 amide bonds. The molecule has 0 atom stereocenters. The minimum atomic E-state index is -4.69. The van der Waals surface area contributed by atoms with Gasteiger partial charge in [-0.2, -0.15) is 13.0 Å². The van der Waals surface area contributed by atoms with Gasteiger partial charge < -0.3 is 24.8 Å². The molecule has 1 aliphatic carbocycles. The number of hydrogen-bond donors (Lipinski definition) is 4. The van der Waals surface area contributed by atoms with E-state index in [1.54, 1.807) is 36.6 Å². The Bertz CT molecular complexity index is 3440. The Balaban J connectivity index is 0.00000206. The summed E-state index contributed by atoms with van der Waals surface area (Å²) >= 11 is 0. The van der Waals surface area contributed by atoms with Gasteiger partial charge in [-0.05, 0) is 95.1 Å². The molecule has 28 heteroatoms. The number of carboxylic acids is 2. The summed E-state index contributed by atoms with van der Waals surface area (Å²) < 4.78 is 119. The zero-order chi connectivity index (χ0) is 62.2. The van der Waals surface area contributed by atoms with Crippen LogP contribution in [0.4, 0.5) is 11.4 Å². The zero-order valence-electron chi connectivity index (χ0n) is 46.3. The number of unbranched alkanes of at least 4 members (excludes halogenated alkanes) is 4. The van der Waals surface area contributed by atoms with Crippen LogP contribution < -0.4 is 4.90 Å². The van der Waals surface area contributed by atoms with Crippen molar-refractivity contribution in [2.24, 2.45) is 0 Å². The van der Waals surface area contributed by atoms with Gasteiger partial charge >= 0.3 is 33.2 Å². The molecular weight excluding hydrogens is 1160 g/mol. The molecule has 0 radical (unpaired) electrons. The number of carboxylic acid groups (broad SMARTS) is 2. The molecule has 0 saturated heterocycles. The molecule has 0 aromatic heterocycles. The summed E-state index contributed by atoms with van der Waals surface area (Å²) in [5, 5.41) is 30.6. The fourth-order valence-electron chi connectivity index (χ4n) is 10.2. The molecule has 3 aliphatic rings. The number of rotatable bonds is 30. The highest BCUT2D eigenvalue weighted by Crippen LogP contribution is 2.52. The first-order chi connectivity index (χ1) is 38.0. The standard InChI is InChI=1S/C54H68N2O16S2.2O3S/c1-7-17-41(57)33-27-35(43(59)18-8-2)49-39(29-33)55(23-13-9-11-21-47(61)62)45(53(49,3)4)31-37-51(65)38(52(37)66)32-46-54(5,6)50-36(44(60)20-16-26-74(70,71)72)28-34(42(58)19-15-25-73(67,68)69)30-40(50)56(46)24-14-10-12-22-48(63)64;2*1-4(2)3/h27-32H,7-26H2,1-6H3,(H4-,61,62,63,64,65,66,67,68,69,70,71,72);;. The van der Waals surface area contributed by atoms with Gasteiger partial charge in [0.25, 0.3) is 10.1 Å². The van der Waals surface area contributed by atoms with Crippen molar-refractivity contribution in [3.8, 4) is 0 Å². The van der Waals surface area contributed by atoms with Crippen molar-refractivity contribution in [1.29, 1.82) is 0 Å². The van der Waals surface area contributed by atoms with Gasteiger partial charge in [0.05, 0.1) is 38.0 Å². The van der Waals surface area contributed by atoms with Gasteiger partial charge in [0.1, 0.15) is 12.3 Å². The summed E-state index contributed by atoms with van der Waals surface area (Å²) in [5.74, 6) is -5.88. The van der Waals surface area contributed by atoms with Crippen LogP contribution in [0.1, 0.15) is 197 Å². The first-order valence-electron chi connectivity index (χ1n) is 26.2. The van der Waals surface area contributed by atoms with Crippen molar-refractivity contribution in [2.75, 3.05) is 29.5 Å². The second-order valence-electron chi connectivity index (χ2n) is 20.7. The van der Waals surface area contributed by atoms with E-state index in [0.29, 0.717) is 103 Å². The fourth-order valence-corrected chi connectivity index (χ4v) is 11.2. The van der Waals surface area contributed by atoms with Gasteiger partial charge in [0, 0.05) is 108 Å². The molecule has 2 aliphatic heterocycles. The van der Waals surface area contributed by atoms with Crippen molar-refractivity contribution >= 4 is 99.4 Å². The summed E-state index contributed by atoms with van der Waals surface area (Å²) in [7, 11) is -15.3. The third kappa shape index (κ3) is 19.2. The van der Waals surface area contributed by atoms with E-state index in [1.165, 1.54) is 18.2 Å². The quantitative estimate of drug-likeness (QED) is 0.0208. The van der Waals surface area contributed by atoms with Crippen LogP contribution in [0.25, 0.3) is 0 Å². The molecule has 2 aromatic rings. The van der Waals surface area contributed by atoms with Crippen molar-refractivity contribution in [3.63, 3.8) is 0 Å². The number of aliphatic hydroxyl groups excluding tert-OH is 1. The maximum Gasteiger partial charge on any atom is 0.425 e. The van der Waals surface area contributed by atoms with E-state index in [4.69, 9.17) is 25.3 Å². The lowest BCUT2D eigenvalue weighted by Gasteiger charge is -2.29. The lowest BCUT2D eigenvalue weighted by molar-refractivity contribution is -0.438. The molecule has 0 unspecified atom stereocenters. The van der Waals surface area contributed by atoms with E-state index >= 15 is 0 Å². The second-order valence-corrected chi connectivity index (χ2v) is 24.6. The summed E-state index contributed by atoms with van der Waals surface area (Å²) in [5.41, 5.74) is 1.37. The number of anilines is 1. The van der Waals surface area contributed by atoms with Crippen molar-refractivity contribution < 1.29 is 105 Å². The highest BCUT2D eigenvalue weighted by atomic mass is 32.2. The minimum Gasteiger partial charge on any atom is -0.748 e. The predicted molar refractivity (Wildman–Crippen MR) is 295 cm³/mol. The average molecular weight is 1230 g/mol. The third-order valence-electron chi connectivity index (χ3n) is 13.8. The largest absolute Gasteiger partial charge is 0.748 e. The maximum absolute atomic E-state index is 14.6. The third-order valence-corrected chi connectivity index (χ3v) is 15.4. The number of hydrogen-bond acceptors (Lipinski definition) is 20. The predicted octanol–water partition coefficient (Wildman–Crippen LogP) is 6.67. The van der Waals surface area contributed by atoms with Crippen LogP contribution in [0.15, 0.2) is 59.0 Å². The van der Waals surface area contributed by atoms with Gasteiger partial charge in [0.15, 0.2) is 28.8 Å². The molecule has 5 rings (SSSR count). The lowest BCUT2D eigenvalue weighted by Crippen LogP contribution is -2.33. The van der Waals surface area contributed by atoms with E-state index in [9.17, 15) is 74.8 Å². The number of ketones is 5. The SMILES string of the molecule is CCCC(=O)c1cc(C(=O)CCC)c2c(c1)N(CCCCCC(=O)O)C(=CC1=C(O)C(=CC3=[N+](CCCCCC(=O)O)c4cc(C(=O)CCCS(=O)(=O)O)cc(C(=O)CCCS(=O)(=O)[O-])c4C3(C)C)C1=O)C2(C)C.O=S(=O)=O.O=S(=O)=O. The van der Waals surface area contributed by atoms with Gasteiger partial charge in [-0.1, -0.05) is 34.1 Å². The Hall–Kier alpha value is -6.72. The number of aliphatic carboxylic acids is 2. The van der Waals surface area contributed by atoms with Crippen molar-refractivity contribution in [2.45, 2.75) is 155 Å². The number of Topliss-reactive ketones (excluding diaryl/α,β-unsaturated/α-hetero) is 5. The summed E-state index contributed by atoms with van der Waals surface area (Å²) in [6.07, 6.45) is 5.79. The number of carbonyl (C=O) groups is 7. The highest BCUT2D eigenvalue weighted by Gasteiger charge is 2.50.